The summed E-state index contributed by atoms with van der Waals surface area (Å²) in [6, 6.07) is 7.92. The van der Waals surface area contributed by atoms with Crippen LogP contribution >= 0.6 is 0 Å². The lowest BCUT2D eigenvalue weighted by Crippen LogP contribution is -2.41. The van der Waals surface area contributed by atoms with Crippen molar-refractivity contribution in [3.8, 4) is 0 Å². The lowest BCUT2D eigenvalue weighted by molar-refractivity contribution is 0.0742. The smallest absolute Gasteiger partial charge is 0.254 e. The molecule has 2 bridgehead atoms. The van der Waals surface area contributed by atoms with Crippen LogP contribution in [0.2, 0.25) is 0 Å². The first-order chi connectivity index (χ1) is 6.86. The summed E-state index contributed by atoms with van der Waals surface area (Å²) in [5.74, 6) is 0.596. The molecule has 1 amide bonds. The Morgan fingerprint density at radius 2 is 2.14 bits per heavy atom. The third-order valence-electron chi connectivity index (χ3n) is 2.99. The second-order valence-corrected chi connectivity index (χ2v) is 3.83. The SMILES string of the molecule is O=C1c2ccccc2[C@@H]2C=CCN1C2. The Kier molecular flexibility index (Phi) is 1.51. The van der Waals surface area contributed by atoms with Gasteiger partial charge in [-0.1, -0.05) is 30.4 Å². The number of benzene rings is 1. The standard InChI is InChI=1S/C12H11NO/c14-12-11-6-2-1-5-10(11)9-4-3-7-13(12)8-9/h1-6,9H,7-8H2/t9-/m1/s1. The summed E-state index contributed by atoms with van der Waals surface area (Å²) in [4.78, 5) is 13.8. The van der Waals surface area contributed by atoms with E-state index in [0.29, 0.717) is 5.92 Å². The summed E-state index contributed by atoms with van der Waals surface area (Å²) in [6.07, 6.45) is 4.30. The van der Waals surface area contributed by atoms with E-state index >= 15 is 0 Å². The Balaban J connectivity index is 2.21. The Bertz CT molecular complexity index is 422. The van der Waals surface area contributed by atoms with Crippen LogP contribution in [-0.2, 0) is 0 Å². The molecule has 0 N–H and O–H groups in total. The van der Waals surface area contributed by atoms with Gasteiger partial charge < -0.3 is 4.90 Å². The Morgan fingerprint density at radius 1 is 1.29 bits per heavy atom. The van der Waals surface area contributed by atoms with Crippen LogP contribution in [0.15, 0.2) is 36.4 Å². The lowest BCUT2D eigenvalue weighted by Gasteiger charge is -2.35. The molecule has 0 fully saturated rings. The summed E-state index contributed by atoms with van der Waals surface area (Å²) in [7, 11) is 0. The third kappa shape index (κ3) is 0.939. The maximum atomic E-state index is 11.9. The maximum Gasteiger partial charge on any atom is 0.254 e. The molecular formula is C12H11NO. The average Bonchev–Trinajstić information content (AvgIpc) is 2.27. The number of amides is 1. The van der Waals surface area contributed by atoms with Gasteiger partial charge in [0.2, 0.25) is 0 Å². The van der Waals surface area contributed by atoms with Crippen molar-refractivity contribution in [3.05, 3.63) is 47.5 Å². The Hall–Kier alpha value is -1.57. The topological polar surface area (TPSA) is 20.3 Å². The first kappa shape index (κ1) is 7.80. The van der Waals surface area contributed by atoms with E-state index in [4.69, 9.17) is 0 Å². The molecule has 0 radical (unpaired) electrons. The van der Waals surface area contributed by atoms with Crippen molar-refractivity contribution in [1.29, 1.82) is 0 Å². The molecule has 0 aromatic heterocycles. The van der Waals surface area contributed by atoms with Crippen LogP contribution < -0.4 is 0 Å². The molecule has 3 rings (SSSR count). The molecule has 0 aliphatic carbocycles. The van der Waals surface area contributed by atoms with Crippen molar-refractivity contribution in [2.45, 2.75) is 5.92 Å². The van der Waals surface area contributed by atoms with Crippen LogP contribution in [0.1, 0.15) is 21.8 Å². The molecule has 0 saturated carbocycles. The van der Waals surface area contributed by atoms with E-state index in [9.17, 15) is 4.79 Å². The highest BCUT2D eigenvalue weighted by Gasteiger charge is 2.30. The maximum absolute atomic E-state index is 11.9. The van der Waals surface area contributed by atoms with Crippen molar-refractivity contribution >= 4 is 5.91 Å². The fourth-order valence-electron chi connectivity index (χ4n) is 2.28. The predicted octanol–water partition coefficient (Wildman–Crippen LogP) is 1.80. The molecule has 1 atom stereocenters. The van der Waals surface area contributed by atoms with Gasteiger partial charge in [-0.3, -0.25) is 4.79 Å². The van der Waals surface area contributed by atoms with Crippen molar-refractivity contribution < 1.29 is 4.79 Å². The zero-order valence-corrected chi connectivity index (χ0v) is 7.81. The highest BCUT2D eigenvalue weighted by molar-refractivity contribution is 5.97. The van der Waals surface area contributed by atoms with E-state index < -0.39 is 0 Å². The number of fused-ring (bicyclic) bond motifs is 4. The molecule has 0 unspecified atom stereocenters. The summed E-state index contributed by atoms with van der Waals surface area (Å²) < 4.78 is 0. The molecule has 2 aliphatic rings. The predicted molar refractivity (Wildman–Crippen MR) is 54.2 cm³/mol. The molecule has 0 spiro atoms. The molecule has 1 aromatic rings. The van der Waals surface area contributed by atoms with E-state index in [1.54, 1.807) is 0 Å². The van der Waals surface area contributed by atoms with E-state index in [-0.39, 0.29) is 5.91 Å². The number of hydrogen-bond donors (Lipinski definition) is 0. The van der Waals surface area contributed by atoms with Gasteiger partial charge in [0.05, 0.1) is 0 Å². The first-order valence-electron chi connectivity index (χ1n) is 4.91. The minimum absolute atomic E-state index is 0.182. The van der Waals surface area contributed by atoms with Gasteiger partial charge in [-0.15, -0.1) is 0 Å². The van der Waals surface area contributed by atoms with Gasteiger partial charge in [-0.25, -0.2) is 0 Å². The third-order valence-corrected chi connectivity index (χ3v) is 2.99. The number of nitrogens with zero attached hydrogens (tertiary/aromatic N) is 1. The minimum Gasteiger partial charge on any atom is -0.334 e. The number of rotatable bonds is 0. The van der Waals surface area contributed by atoms with Gasteiger partial charge in [-0.05, 0) is 11.6 Å². The molecule has 2 heterocycles. The van der Waals surface area contributed by atoms with Crippen molar-refractivity contribution in [1.82, 2.24) is 4.90 Å². The van der Waals surface area contributed by atoms with Crippen LogP contribution in [0.3, 0.4) is 0 Å². The van der Waals surface area contributed by atoms with Crippen LogP contribution in [0.4, 0.5) is 0 Å². The van der Waals surface area contributed by atoms with Crippen LogP contribution in [0.25, 0.3) is 0 Å². The quantitative estimate of drug-likeness (QED) is 0.564. The molecular weight excluding hydrogens is 174 g/mol. The van der Waals surface area contributed by atoms with E-state index in [1.165, 1.54) is 5.56 Å². The summed E-state index contributed by atoms with van der Waals surface area (Å²) in [5, 5.41) is 0. The van der Waals surface area contributed by atoms with Crippen molar-refractivity contribution in [2.75, 3.05) is 13.1 Å². The first-order valence-corrected chi connectivity index (χ1v) is 4.91. The monoisotopic (exact) mass is 185 g/mol. The fraction of sp³-hybridized carbons (Fsp3) is 0.250. The highest BCUT2D eigenvalue weighted by Crippen LogP contribution is 2.31. The molecule has 2 nitrogen and oxygen atoms in total. The molecule has 2 aliphatic heterocycles. The van der Waals surface area contributed by atoms with Crippen LogP contribution in [0, 0.1) is 0 Å². The van der Waals surface area contributed by atoms with Gasteiger partial charge in [0.1, 0.15) is 0 Å². The largest absolute Gasteiger partial charge is 0.334 e. The highest BCUT2D eigenvalue weighted by atomic mass is 16.2. The second-order valence-electron chi connectivity index (χ2n) is 3.83. The van der Waals surface area contributed by atoms with E-state index in [2.05, 4.69) is 18.2 Å². The van der Waals surface area contributed by atoms with Gasteiger partial charge in [0.25, 0.3) is 5.91 Å². The Labute approximate surface area is 82.8 Å². The Morgan fingerprint density at radius 3 is 3.07 bits per heavy atom. The lowest BCUT2D eigenvalue weighted by atomic mass is 9.87. The number of carbonyl (C=O) groups is 1. The number of hydrogen-bond acceptors (Lipinski definition) is 1. The van der Waals surface area contributed by atoms with Gasteiger partial charge in [-0.2, -0.15) is 0 Å². The fourth-order valence-corrected chi connectivity index (χ4v) is 2.28. The van der Waals surface area contributed by atoms with Crippen LogP contribution in [0.5, 0.6) is 0 Å². The summed E-state index contributed by atoms with van der Waals surface area (Å²) in [5.41, 5.74) is 2.07. The van der Waals surface area contributed by atoms with Crippen molar-refractivity contribution in [2.24, 2.45) is 0 Å². The molecule has 1 aromatic carbocycles. The minimum atomic E-state index is 0.182. The zero-order chi connectivity index (χ0) is 9.54. The van der Waals surface area contributed by atoms with Gasteiger partial charge in [0, 0.05) is 24.6 Å². The summed E-state index contributed by atoms with van der Waals surface area (Å²) in [6.45, 7) is 1.62. The average molecular weight is 185 g/mol. The van der Waals surface area contributed by atoms with Crippen molar-refractivity contribution in [3.63, 3.8) is 0 Å². The van der Waals surface area contributed by atoms with E-state index in [0.717, 1.165) is 18.7 Å². The summed E-state index contributed by atoms with van der Waals surface area (Å²) >= 11 is 0. The zero-order valence-electron chi connectivity index (χ0n) is 7.81. The van der Waals surface area contributed by atoms with Crippen LogP contribution in [-0.4, -0.2) is 23.9 Å². The molecule has 70 valence electrons. The second kappa shape index (κ2) is 2.71. The molecule has 0 saturated heterocycles. The normalized spacial score (nSPS) is 23.6. The molecule has 14 heavy (non-hydrogen) atoms. The van der Waals surface area contributed by atoms with E-state index in [1.807, 2.05) is 23.1 Å². The molecule has 2 heteroatoms. The number of carbonyl (C=O) groups excluding carboxylic acids is 1. The van der Waals surface area contributed by atoms with Gasteiger partial charge >= 0.3 is 0 Å². The van der Waals surface area contributed by atoms with Gasteiger partial charge in [0.15, 0.2) is 0 Å².